The molecule has 1 aliphatic heterocycles. The molecule has 162 valence electrons. The van der Waals surface area contributed by atoms with Gasteiger partial charge < -0.3 is 20.5 Å². The zero-order valence-electron chi connectivity index (χ0n) is 17.6. The quantitative estimate of drug-likeness (QED) is 0.617. The molecular weight excluding hydrogens is 394 g/mol. The zero-order valence-corrected chi connectivity index (χ0v) is 17.6. The van der Waals surface area contributed by atoms with Crippen LogP contribution in [0, 0.1) is 0 Å². The van der Waals surface area contributed by atoms with Gasteiger partial charge >= 0.3 is 6.03 Å². The average molecular weight is 421 g/mol. The molecule has 2 aromatic rings. The number of para-hydroxylation sites is 1. The number of methoxy groups -OCH3 is 1. The Kier molecular flexibility index (Phi) is 5.95. The van der Waals surface area contributed by atoms with Gasteiger partial charge in [-0.2, -0.15) is 0 Å². The normalized spacial score (nSPS) is 20.4. The number of amides is 3. The van der Waals surface area contributed by atoms with Crippen molar-refractivity contribution in [3.05, 3.63) is 65.7 Å². The van der Waals surface area contributed by atoms with Gasteiger partial charge in [0.15, 0.2) is 0 Å². The van der Waals surface area contributed by atoms with Crippen molar-refractivity contribution in [3.8, 4) is 5.75 Å². The number of nitrogens with one attached hydrogen (secondary N) is 2. The number of nitrogens with zero attached hydrogens (tertiary/aromatic N) is 1. The van der Waals surface area contributed by atoms with Crippen molar-refractivity contribution in [2.24, 2.45) is 0 Å². The summed E-state index contributed by atoms with van der Waals surface area (Å²) in [6.07, 6.45) is 7.45. The van der Waals surface area contributed by atoms with E-state index in [9.17, 15) is 14.7 Å². The van der Waals surface area contributed by atoms with E-state index in [1.165, 1.54) is 25.5 Å². The summed E-state index contributed by atoms with van der Waals surface area (Å²) < 4.78 is 5.26. The summed E-state index contributed by atoms with van der Waals surface area (Å²) in [6.45, 7) is 0.392. The maximum absolute atomic E-state index is 13.4. The molecule has 7 nitrogen and oxygen atoms in total. The molecule has 0 saturated carbocycles. The Morgan fingerprint density at radius 3 is 2.84 bits per heavy atom. The van der Waals surface area contributed by atoms with Crippen LogP contribution in [0.2, 0.25) is 0 Å². The topological polar surface area (TPSA) is 90.9 Å². The van der Waals surface area contributed by atoms with Gasteiger partial charge in [-0.25, -0.2) is 4.79 Å². The summed E-state index contributed by atoms with van der Waals surface area (Å²) in [5.74, 6) is -0.134. The van der Waals surface area contributed by atoms with Gasteiger partial charge in [-0.05, 0) is 50.3 Å². The van der Waals surface area contributed by atoms with Crippen LogP contribution >= 0.6 is 0 Å². The fraction of sp³-hybridized carbons (Fsp3) is 0.333. The smallest absolute Gasteiger partial charge is 0.329 e. The van der Waals surface area contributed by atoms with Crippen molar-refractivity contribution in [3.63, 3.8) is 0 Å². The predicted octanol–water partition coefficient (Wildman–Crippen LogP) is 3.90. The van der Waals surface area contributed by atoms with E-state index in [4.69, 9.17) is 4.74 Å². The van der Waals surface area contributed by atoms with Gasteiger partial charge in [0.1, 0.15) is 5.75 Å². The Morgan fingerprint density at radius 1 is 1.23 bits per heavy atom. The van der Waals surface area contributed by atoms with Crippen LogP contribution in [-0.2, 0) is 10.5 Å². The monoisotopic (exact) mass is 421 g/mol. The lowest BCUT2D eigenvalue weighted by Gasteiger charge is -2.42. The van der Waals surface area contributed by atoms with Crippen molar-refractivity contribution in [1.29, 1.82) is 0 Å². The van der Waals surface area contributed by atoms with E-state index in [0.29, 0.717) is 29.2 Å². The van der Waals surface area contributed by atoms with Gasteiger partial charge in [-0.3, -0.25) is 9.69 Å². The second kappa shape index (κ2) is 8.81. The Morgan fingerprint density at radius 2 is 2.06 bits per heavy atom. The van der Waals surface area contributed by atoms with Crippen molar-refractivity contribution in [1.82, 2.24) is 5.32 Å². The molecule has 2 aliphatic rings. The Hall–Kier alpha value is -3.32. The number of benzene rings is 2. The predicted molar refractivity (Wildman–Crippen MR) is 119 cm³/mol. The van der Waals surface area contributed by atoms with Crippen molar-refractivity contribution >= 4 is 23.3 Å². The minimum absolute atomic E-state index is 0.312. The number of carbonyl (C=O) groups is 2. The number of fused-ring (bicyclic) bond motifs is 1. The van der Waals surface area contributed by atoms with Gasteiger partial charge in [0.05, 0.1) is 18.5 Å². The van der Waals surface area contributed by atoms with Gasteiger partial charge in [-0.15, -0.1) is 0 Å². The molecule has 1 atom stereocenters. The summed E-state index contributed by atoms with van der Waals surface area (Å²) in [5, 5.41) is 17.4. The minimum Gasteiger partial charge on any atom is -0.497 e. The van der Waals surface area contributed by atoms with E-state index in [0.717, 1.165) is 24.2 Å². The highest BCUT2D eigenvalue weighted by Gasteiger charge is 2.51. The molecule has 0 aromatic heterocycles. The fourth-order valence-electron chi connectivity index (χ4n) is 4.20. The molecule has 1 unspecified atom stereocenters. The Balaban J connectivity index is 1.67. The molecule has 0 saturated heterocycles. The van der Waals surface area contributed by atoms with E-state index in [2.05, 4.69) is 16.7 Å². The fourth-order valence-corrected chi connectivity index (χ4v) is 4.20. The number of aliphatic hydroxyl groups is 1. The van der Waals surface area contributed by atoms with Crippen molar-refractivity contribution < 1.29 is 19.4 Å². The number of allylic oxidation sites excluding steroid dienone is 1. The molecule has 3 amide bonds. The summed E-state index contributed by atoms with van der Waals surface area (Å²) in [7, 11) is 1.52. The third kappa shape index (κ3) is 4.01. The van der Waals surface area contributed by atoms with Gasteiger partial charge in [0.2, 0.25) is 0 Å². The van der Waals surface area contributed by atoms with Gasteiger partial charge in [-0.1, -0.05) is 35.9 Å². The Bertz CT molecular complexity index is 1020. The lowest BCUT2D eigenvalue weighted by molar-refractivity contribution is -0.140. The van der Waals surface area contributed by atoms with Crippen LogP contribution < -0.4 is 20.3 Å². The van der Waals surface area contributed by atoms with Crippen LogP contribution in [0.15, 0.2) is 60.2 Å². The van der Waals surface area contributed by atoms with Crippen LogP contribution in [0.1, 0.15) is 37.7 Å². The Labute approximate surface area is 181 Å². The number of ether oxygens (including phenoxy) is 1. The molecule has 1 aliphatic carbocycles. The van der Waals surface area contributed by atoms with Crippen molar-refractivity contribution in [2.45, 2.75) is 37.8 Å². The average Bonchev–Trinajstić information content (AvgIpc) is 2.80. The van der Waals surface area contributed by atoms with E-state index in [1.54, 1.807) is 48.5 Å². The standard InChI is InChI=1S/C24H27N3O4/c1-31-19-11-7-10-18(16-19)27-23(29)26-21-13-6-5-12-20(21)24(27,30)22(28)25-15-14-17-8-3-2-4-9-17/h5-8,10-13,16,30H,2-4,9,14-15H2,1H3,(H,25,28)(H,26,29). The van der Waals surface area contributed by atoms with E-state index >= 15 is 0 Å². The number of rotatable bonds is 6. The van der Waals surface area contributed by atoms with Crippen molar-refractivity contribution in [2.75, 3.05) is 23.9 Å². The first kappa shape index (κ1) is 20.9. The van der Waals surface area contributed by atoms with Crippen LogP contribution in [0.5, 0.6) is 5.75 Å². The molecule has 0 fully saturated rings. The molecule has 3 N–H and O–H groups in total. The van der Waals surface area contributed by atoms with E-state index < -0.39 is 17.7 Å². The van der Waals surface area contributed by atoms with Crippen LogP contribution in [0.25, 0.3) is 0 Å². The lowest BCUT2D eigenvalue weighted by atomic mass is 9.94. The zero-order chi connectivity index (χ0) is 21.8. The van der Waals surface area contributed by atoms with Gasteiger partial charge in [0, 0.05) is 18.2 Å². The van der Waals surface area contributed by atoms with E-state index in [-0.39, 0.29) is 0 Å². The summed E-state index contributed by atoms with van der Waals surface area (Å²) in [5.41, 5.74) is 0.182. The molecule has 0 spiro atoms. The molecule has 31 heavy (non-hydrogen) atoms. The maximum atomic E-state index is 13.4. The number of hydrogen-bond acceptors (Lipinski definition) is 4. The molecule has 4 rings (SSSR count). The summed E-state index contributed by atoms with van der Waals surface area (Å²) in [4.78, 5) is 27.5. The highest BCUT2D eigenvalue weighted by atomic mass is 16.5. The number of hydrogen-bond donors (Lipinski definition) is 3. The molecule has 7 heteroatoms. The third-order valence-corrected chi connectivity index (χ3v) is 5.82. The molecule has 1 heterocycles. The summed E-state index contributed by atoms with van der Waals surface area (Å²) in [6, 6.07) is 12.9. The van der Waals surface area contributed by atoms with Gasteiger partial charge in [0.25, 0.3) is 11.6 Å². The third-order valence-electron chi connectivity index (χ3n) is 5.82. The highest BCUT2D eigenvalue weighted by Crippen LogP contribution is 2.40. The first-order valence-corrected chi connectivity index (χ1v) is 10.6. The van der Waals surface area contributed by atoms with Crippen LogP contribution in [0.4, 0.5) is 16.2 Å². The number of carbonyl (C=O) groups excluding carboxylic acids is 2. The van der Waals surface area contributed by atoms with Crippen LogP contribution in [0.3, 0.4) is 0 Å². The SMILES string of the molecule is COc1cccc(N2C(=O)Nc3ccccc3C2(O)C(=O)NCCC2=CCCCC2)c1. The molecule has 0 bridgehead atoms. The first-order valence-electron chi connectivity index (χ1n) is 10.6. The largest absolute Gasteiger partial charge is 0.497 e. The highest BCUT2D eigenvalue weighted by molar-refractivity contribution is 6.11. The maximum Gasteiger partial charge on any atom is 0.329 e. The molecule has 0 radical (unpaired) electrons. The lowest BCUT2D eigenvalue weighted by Crippen LogP contribution is -2.62. The molecule has 2 aromatic carbocycles. The minimum atomic E-state index is -2.20. The number of urea groups is 1. The first-order chi connectivity index (χ1) is 15.0. The van der Waals surface area contributed by atoms with E-state index in [1.807, 2.05) is 0 Å². The second-order valence-electron chi connectivity index (χ2n) is 7.80. The number of anilines is 2. The molecular formula is C24H27N3O4. The second-order valence-corrected chi connectivity index (χ2v) is 7.80. The summed E-state index contributed by atoms with van der Waals surface area (Å²) >= 11 is 0. The van der Waals surface area contributed by atoms with Crippen LogP contribution in [-0.4, -0.2) is 30.7 Å².